The molecule has 0 radical (unpaired) electrons. The van der Waals surface area contributed by atoms with E-state index in [2.05, 4.69) is 48.9 Å². The molecule has 0 amide bonds. The first-order valence-electron chi connectivity index (χ1n) is 10.9. The van der Waals surface area contributed by atoms with E-state index in [4.69, 9.17) is 18.9 Å². The predicted octanol–water partition coefficient (Wildman–Crippen LogP) is 7.06. The number of ether oxygens (including phenoxy) is 5. The summed E-state index contributed by atoms with van der Waals surface area (Å²) in [7, 11) is 6.17. The Labute approximate surface area is 254 Å². The van der Waals surface area contributed by atoms with Gasteiger partial charge in [-0.25, -0.2) is 0 Å². The van der Waals surface area contributed by atoms with Crippen LogP contribution in [0.3, 0.4) is 0 Å². The maximum atomic E-state index is 11.7. The SMILES string of the molecule is CCOC(C)=O.COc1cc(C)cc(OC)c1C(=O)CBr.COc1cc(C)cc(OC)c1C(C)=O.[Br][Cu][Br]. The average molecular weight is 779 g/mol. The second kappa shape index (κ2) is 22.2. The van der Waals surface area contributed by atoms with Gasteiger partial charge in [0.05, 0.1) is 40.4 Å². The third kappa shape index (κ3) is 14.5. The molecule has 0 fully saturated rings. The Morgan fingerprint density at radius 3 is 1.24 bits per heavy atom. The van der Waals surface area contributed by atoms with E-state index >= 15 is 0 Å². The fourth-order valence-corrected chi connectivity index (χ4v) is 3.26. The number of rotatable bonds is 8. The summed E-state index contributed by atoms with van der Waals surface area (Å²) in [6.07, 6.45) is 0. The molecule has 0 saturated carbocycles. The van der Waals surface area contributed by atoms with Gasteiger partial charge in [0.15, 0.2) is 11.6 Å². The van der Waals surface area contributed by atoms with Crippen molar-refractivity contribution in [2.24, 2.45) is 0 Å². The van der Waals surface area contributed by atoms with Gasteiger partial charge in [-0.05, 0) is 63.1 Å². The number of aryl methyl sites for hydroxylation is 2. The zero-order chi connectivity index (χ0) is 29.8. The quantitative estimate of drug-likeness (QED) is 0.122. The first-order valence-corrected chi connectivity index (χ1v) is 16.7. The van der Waals surface area contributed by atoms with E-state index in [9.17, 15) is 14.4 Å². The van der Waals surface area contributed by atoms with Crippen LogP contribution in [0.4, 0.5) is 0 Å². The molecule has 0 aliphatic heterocycles. The van der Waals surface area contributed by atoms with Crippen molar-refractivity contribution in [3.8, 4) is 23.0 Å². The molecule has 0 unspecified atom stereocenters. The van der Waals surface area contributed by atoms with Crippen molar-refractivity contribution in [2.45, 2.75) is 34.6 Å². The Morgan fingerprint density at radius 2 is 1.05 bits per heavy atom. The van der Waals surface area contributed by atoms with Gasteiger partial charge >= 0.3 is 45.5 Å². The second-order valence-electron chi connectivity index (χ2n) is 7.17. The molecule has 0 aromatic heterocycles. The van der Waals surface area contributed by atoms with Crippen LogP contribution in [0.1, 0.15) is 52.6 Å². The van der Waals surface area contributed by atoms with Crippen molar-refractivity contribution in [1.29, 1.82) is 0 Å². The number of methoxy groups -OCH3 is 4. The molecule has 0 aliphatic carbocycles. The predicted molar refractivity (Wildman–Crippen MR) is 157 cm³/mol. The van der Waals surface area contributed by atoms with Crippen LogP contribution < -0.4 is 18.9 Å². The van der Waals surface area contributed by atoms with E-state index in [1.807, 2.05) is 38.1 Å². The van der Waals surface area contributed by atoms with Crippen molar-refractivity contribution >= 4 is 61.7 Å². The van der Waals surface area contributed by atoms with Gasteiger partial charge in [-0.3, -0.25) is 14.4 Å². The number of alkyl halides is 1. The average Bonchev–Trinajstić information content (AvgIpc) is 2.87. The van der Waals surface area contributed by atoms with Crippen LogP contribution in [0, 0.1) is 13.8 Å². The Morgan fingerprint density at radius 1 is 0.737 bits per heavy atom. The summed E-state index contributed by atoms with van der Waals surface area (Å²) in [5, 5.41) is 0.253. The van der Waals surface area contributed by atoms with Crippen LogP contribution in [-0.4, -0.2) is 57.9 Å². The summed E-state index contributed by atoms with van der Waals surface area (Å²) in [4.78, 5) is 32.9. The van der Waals surface area contributed by atoms with E-state index in [-0.39, 0.29) is 22.9 Å². The third-order valence-electron chi connectivity index (χ3n) is 4.40. The van der Waals surface area contributed by atoms with Gasteiger partial charge in [0.25, 0.3) is 0 Å². The van der Waals surface area contributed by atoms with Gasteiger partial charge in [-0.15, -0.1) is 0 Å². The fraction of sp³-hybridized carbons (Fsp3) is 0.423. The number of esters is 1. The molecule has 0 spiro atoms. The van der Waals surface area contributed by atoms with E-state index in [1.165, 1.54) is 25.2 Å². The number of benzene rings is 2. The number of hydrogen-bond donors (Lipinski definition) is 0. The molecule has 219 valence electrons. The van der Waals surface area contributed by atoms with Gasteiger partial charge in [-0.1, -0.05) is 15.9 Å². The van der Waals surface area contributed by atoms with Gasteiger partial charge in [-0.2, -0.15) is 0 Å². The topological polar surface area (TPSA) is 97.4 Å². The molecular weight excluding hydrogens is 744 g/mol. The molecule has 2 rings (SSSR count). The molecule has 38 heavy (non-hydrogen) atoms. The minimum absolute atomic E-state index is 0.0521. The maximum absolute atomic E-state index is 11.7. The van der Waals surface area contributed by atoms with Crippen LogP contribution in [0.15, 0.2) is 24.3 Å². The van der Waals surface area contributed by atoms with E-state index in [0.29, 0.717) is 40.7 Å². The van der Waals surface area contributed by atoms with Gasteiger partial charge in [0.2, 0.25) is 0 Å². The molecule has 8 nitrogen and oxygen atoms in total. The minimum atomic E-state index is -0.211. The summed E-state index contributed by atoms with van der Waals surface area (Å²) < 4.78 is 25.0. The number of ketones is 2. The summed E-state index contributed by atoms with van der Waals surface area (Å²) in [5.41, 5.74) is 2.99. The summed E-state index contributed by atoms with van der Waals surface area (Å²) in [5.74, 6) is 1.91. The van der Waals surface area contributed by atoms with Crippen LogP contribution >= 0.6 is 44.2 Å². The molecule has 0 aliphatic rings. The van der Waals surface area contributed by atoms with E-state index in [0.717, 1.165) is 11.1 Å². The summed E-state index contributed by atoms with van der Waals surface area (Å²) >= 11 is 10.5. The summed E-state index contributed by atoms with van der Waals surface area (Å²) in [6, 6.07) is 7.27. The number of Topliss-reactive ketones (excluding diaryl/α,β-unsaturated/α-hetero) is 2. The molecule has 2 aromatic carbocycles. The number of carbonyl (C=O) groups excluding carboxylic acids is 3. The molecular formula is C26H35Br3CuO8. The number of halogens is 3. The zero-order valence-electron chi connectivity index (χ0n) is 22.9. The zero-order valence-corrected chi connectivity index (χ0v) is 28.6. The Bertz CT molecular complexity index is 982. The number of hydrogen-bond acceptors (Lipinski definition) is 8. The third-order valence-corrected chi connectivity index (χ3v) is 4.91. The van der Waals surface area contributed by atoms with Crippen LogP contribution in [-0.2, 0) is 20.9 Å². The van der Waals surface area contributed by atoms with Crippen LogP contribution in [0.5, 0.6) is 23.0 Å². The first-order chi connectivity index (χ1) is 17.9. The standard InChI is InChI=1S/C11H13BrO3.C11H14O3.C4H8O2.2BrH.Cu/c1-7-4-9(14-2)11(8(13)6-12)10(5-7)15-3;1-7-5-9(13-3)11(8(2)12)10(6-7)14-4;1-3-6-4(2)5;;;/h4-5H,6H2,1-3H3;5-6H,1-4H3;3H2,1-2H3;2*1H;/q;;;;;+2/p-2. The van der Waals surface area contributed by atoms with Crippen molar-refractivity contribution < 1.29 is 49.4 Å². The molecule has 12 heteroatoms. The van der Waals surface area contributed by atoms with Crippen molar-refractivity contribution in [1.82, 2.24) is 0 Å². The Hall–Kier alpha value is -1.59. The van der Waals surface area contributed by atoms with Crippen LogP contribution in [0.2, 0.25) is 0 Å². The molecule has 0 saturated heterocycles. The fourth-order valence-electron chi connectivity index (χ4n) is 2.98. The second-order valence-corrected chi connectivity index (χ2v) is 12.5. The van der Waals surface area contributed by atoms with E-state index in [1.54, 1.807) is 35.4 Å². The monoisotopic (exact) mass is 775 g/mol. The first kappa shape index (κ1) is 38.6. The normalized spacial score (nSPS) is 9.26. The summed E-state index contributed by atoms with van der Waals surface area (Å²) in [6.45, 7) is 9.00. The van der Waals surface area contributed by atoms with Crippen molar-refractivity contribution in [2.75, 3.05) is 40.4 Å². The van der Waals surface area contributed by atoms with E-state index < -0.39 is 0 Å². The Kier molecular flexibility index (Phi) is 22.6. The van der Waals surface area contributed by atoms with Gasteiger partial charge in [0.1, 0.15) is 34.1 Å². The molecule has 0 atom stereocenters. The van der Waals surface area contributed by atoms with Crippen molar-refractivity contribution in [3.63, 3.8) is 0 Å². The molecule has 0 N–H and O–H groups in total. The molecule has 0 bridgehead atoms. The van der Waals surface area contributed by atoms with Gasteiger partial charge < -0.3 is 23.7 Å². The van der Waals surface area contributed by atoms with Crippen molar-refractivity contribution in [3.05, 3.63) is 46.5 Å². The van der Waals surface area contributed by atoms with Gasteiger partial charge in [0, 0.05) is 6.92 Å². The van der Waals surface area contributed by atoms with Crippen LogP contribution in [0.25, 0.3) is 0 Å². The molecule has 0 heterocycles. The molecule has 2 aromatic rings. The number of carbonyl (C=O) groups is 3. The Balaban J connectivity index is 0.